The van der Waals surface area contributed by atoms with Crippen LogP contribution in [0.25, 0.3) is 10.9 Å². The maximum atomic E-state index is 8.80. The third-order valence-electron chi connectivity index (χ3n) is 4.68. The first-order valence-electron chi connectivity index (χ1n) is 8.52. The zero-order valence-corrected chi connectivity index (χ0v) is 13.6. The monoisotopic (exact) mass is 322 g/mol. The minimum absolute atomic E-state index is 0.0367. The normalized spacial score (nSPS) is 16.8. The number of aromatic amines is 1. The Morgan fingerprint density at radius 2 is 1.96 bits per heavy atom. The van der Waals surface area contributed by atoms with Crippen molar-refractivity contribution in [2.45, 2.75) is 25.3 Å². The van der Waals surface area contributed by atoms with Crippen molar-refractivity contribution in [1.82, 2.24) is 4.98 Å². The third-order valence-corrected chi connectivity index (χ3v) is 4.68. The van der Waals surface area contributed by atoms with Gasteiger partial charge in [0.05, 0.1) is 6.61 Å². The smallest absolute Gasteiger partial charge is 0.119 e. The number of aryl methyl sites for hydroxylation is 1. The second-order valence-electron chi connectivity index (χ2n) is 6.31. The molecule has 3 aromatic rings. The van der Waals surface area contributed by atoms with Crippen LogP contribution in [0.15, 0.2) is 48.5 Å². The van der Waals surface area contributed by atoms with Crippen molar-refractivity contribution in [3.05, 3.63) is 59.8 Å². The maximum absolute atomic E-state index is 8.80. The van der Waals surface area contributed by atoms with Crippen molar-refractivity contribution in [1.29, 1.82) is 0 Å². The maximum Gasteiger partial charge on any atom is 0.119 e. The molecule has 4 heteroatoms. The Hall–Kier alpha value is -2.46. The van der Waals surface area contributed by atoms with Crippen LogP contribution in [0.3, 0.4) is 0 Å². The zero-order chi connectivity index (χ0) is 16.4. The lowest BCUT2D eigenvalue weighted by molar-refractivity contribution is 0.201. The zero-order valence-electron chi connectivity index (χ0n) is 13.6. The van der Waals surface area contributed by atoms with Crippen molar-refractivity contribution >= 4 is 16.6 Å². The Morgan fingerprint density at radius 1 is 1.12 bits per heavy atom. The minimum atomic E-state index is 0.0367. The van der Waals surface area contributed by atoms with Gasteiger partial charge in [0.15, 0.2) is 0 Å². The number of aromatic nitrogens is 1. The summed E-state index contributed by atoms with van der Waals surface area (Å²) in [5.74, 6) is 0.789. The standard InChI is InChI=1S/C20H22N2O2/c23-11-12-24-16-8-5-14(6-9-16)21-15-7-10-20-18(13-15)17-3-1-2-4-19(17)22-20/h1-6,8-9,15,21-23H,7,10-13H2. The number of ether oxygens (including phenoxy) is 1. The Balaban J connectivity index is 1.47. The molecule has 4 nitrogen and oxygen atoms in total. The number of aliphatic hydroxyl groups is 1. The fraction of sp³-hybridized carbons (Fsp3) is 0.300. The summed E-state index contributed by atoms with van der Waals surface area (Å²) in [4.78, 5) is 3.56. The predicted octanol–water partition coefficient (Wildman–Crippen LogP) is 3.51. The van der Waals surface area contributed by atoms with Gasteiger partial charge in [-0.05, 0) is 55.2 Å². The number of H-pyrrole nitrogens is 1. The molecule has 3 N–H and O–H groups in total. The molecule has 1 aliphatic carbocycles. The van der Waals surface area contributed by atoms with Gasteiger partial charge in [-0.25, -0.2) is 0 Å². The molecule has 0 bridgehead atoms. The number of rotatable bonds is 5. The van der Waals surface area contributed by atoms with Gasteiger partial charge >= 0.3 is 0 Å². The van der Waals surface area contributed by atoms with Crippen LogP contribution in [0.5, 0.6) is 5.75 Å². The van der Waals surface area contributed by atoms with Crippen molar-refractivity contribution in [3.63, 3.8) is 0 Å². The second kappa shape index (κ2) is 6.57. The number of anilines is 1. The van der Waals surface area contributed by atoms with E-state index >= 15 is 0 Å². The number of fused-ring (bicyclic) bond motifs is 3. The van der Waals surface area contributed by atoms with Gasteiger partial charge in [0.25, 0.3) is 0 Å². The number of hydrogen-bond acceptors (Lipinski definition) is 3. The van der Waals surface area contributed by atoms with Gasteiger partial charge in [0, 0.05) is 28.3 Å². The highest BCUT2D eigenvalue weighted by molar-refractivity contribution is 5.85. The molecule has 1 aromatic heterocycles. The largest absolute Gasteiger partial charge is 0.491 e. The molecule has 2 aromatic carbocycles. The van der Waals surface area contributed by atoms with E-state index in [0.717, 1.165) is 30.7 Å². The summed E-state index contributed by atoms with van der Waals surface area (Å²) in [7, 11) is 0. The Bertz CT molecular complexity index is 823. The fourth-order valence-corrected chi connectivity index (χ4v) is 3.54. The summed E-state index contributed by atoms with van der Waals surface area (Å²) in [6.07, 6.45) is 3.25. The average Bonchev–Trinajstić information content (AvgIpc) is 2.99. The van der Waals surface area contributed by atoms with Crippen LogP contribution in [0.4, 0.5) is 5.69 Å². The predicted molar refractivity (Wildman–Crippen MR) is 96.8 cm³/mol. The number of benzene rings is 2. The van der Waals surface area contributed by atoms with E-state index in [9.17, 15) is 0 Å². The van der Waals surface area contributed by atoms with Gasteiger partial charge in [-0.15, -0.1) is 0 Å². The average molecular weight is 322 g/mol. The molecule has 0 spiro atoms. The lowest BCUT2D eigenvalue weighted by Gasteiger charge is -2.24. The molecule has 1 unspecified atom stereocenters. The highest BCUT2D eigenvalue weighted by Crippen LogP contribution is 2.30. The Morgan fingerprint density at radius 3 is 2.79 bits per heavy atom. The quantitative estimate of drug-likeness (QED) is 0.674. The molecule has 0 saturated heterocycles. The molecule has 24 heavy (non-hydrogen) atoms. The Labute approximate surface area is 141 Å². The number of aliphatic hydroxyl groups excluding tert-OH is 1. The van der Waals surface area contributed by atoms with E-state index in [2.05, 4.69) is 34.6 Å². The molecule has 1 heterocycles. The summed E-state index contributed by atoms with van der Waals surface area (Å²) in [5.41, 5.74) is 5.20. The molecule has 4 rings (SSSR count). The van der Waals surface area contributed by atoms with E-state index < -0.39 is 0 Å². The van der Waals surface area contributed by atoms with Crippen LogP contribution in [0.1, 0.15) is 17.7 Å². The van der Waals surface area contributed by atoms with Gasteiger partial charge in [0.2, 0.25) is 0 Å². The number of hydrogen-bond donors (Lipinski definition) is 3. The molecule has 1 aliphatic rings. The van der Waals surface area contributed by atoms with E-state index in [4.69, 9.17) is 9.84 Å². The number of para-hydroxylation sites is 1. The SMILES string of the molecule is OCCOc1ccc(NC2CCc3[nH]c4ccccc4c3C2)cc1. The molecular weight excluding hydrogens is 300 g/mol. The molecular formula is C20H22N2O2. The summed E-state index contributed by atoms with van der Waals surface area (Å²) in [6.45, 7) is 0.369. The first kappa shape index (κ1) is 15.1. The van der Waals surface area contributed by atoms with Crippen molar-refractivity contribution < 1.29 is 9.84 Å². The van der Waals surface area contributed by atoms with Gasteiger partial charge in [-0.1, -0.05) is 18.2 Å². The van der Waals surface area contributed by atoms with Crippen molar-refractivity contribution in [2.75, 3.05) is 18.5 Å². The summed E-state index contributed by atoms with van der Waals surface area (Å²) in [5, 5.41) is 13.8. The molecule has 0 radical (unpaired) electrons. The molecule has 0 saturated carbocycles. The van der Waals surface area contributed by atoms with Crippen molar-refractivity contribution in [3.8, 4) is 5.75 Å². The topological polar surface area (TPSA) is 57.3 Å². The van der Waals surface area contributed by atoms with E-state index in [-0.39, 0.29) is 6.61 Å². The first-order chi connectivity index (χ1) is 11.8. The van der Waals surface area contributed by atoms with Gasteiger partial charge in [-0.3, -0.25) is 0 Å². The molecule has 1 atom stereocenters. The van der Waals surface area contributed by atoms with E-state index in [0.29, 0.717) is 12.6 Å². The molecule has 0 amide bonds. The second-order valence-corrected chi connectivity index (χ2v) is 6.31. The lowest BCUT2D eigenvalue weighted by Crippen LogP contribution is -2.27. The molecule has 0 aliphatic heterocycles. The highest BCUT2D eigenvalue weighted by Gasteiger charge is 2.22. The van der Waals surface area contributed by atoms with Crippen LogP contribution < -0.4 is 10.1 Å². The van der Waals surface area contributed by atoms with E-state index in [1.54, 1.807) is 0 Å². The minimum Gasteiger partial charge on any atom is -0.491 e. The van der Waals surface area contributed by atoms with Crippen LogP contribution in [0, 0.1) is 0 Å². The number of nitrogens with one attached hydrogen (secondary N) is 2. The van der Waals surface area contributed by atoms with Crippen LogP contribution in [-0.4, -0.2) is 29.3 Å². The summed E-state index contributed by atoms with van der Waals surface area (Å²) >= 11 is 0. The summed E-state index contributed by atoms with van der Waals surface area (Å²) < 4.78 is 5.40. The molecule has 0 fully saturated rings. The highest BCUT2D eigenvalue weighted by atomic mass is 16.5. The van der Waals surface area contributed by atoms with Gasteiger partial charge in [-0.2, -0.15) is 0 Å². The van der Waals surface area contributed by atoms with Crippen molar-refractivity contribution in [2.24, 2.45) is 0 Å². The van der Waals surface area contributed by atoms with Crippen LogP contribution >= 0.6 is 0 Å². The van der Waals surface area contributed by atoms with Crippen LogP contribution in [-0.2, 0) is 12.8 Å². The van der Waals surface area contributed by atoms with E-state index in [1.807, 2.05) is 24.3 Å². The van der Waals surface area contributed by atoms with Crippen LogP contribution in [0.2, 0.25) is 0 Å². The van der Waals surface area contributed by atoms with Gasteiger partial charge < -0.3 is 20.1 Å². The fourth-order valence-electron chi connectivity index (χ4n) is 3.54. The van der Waals surface area contributed by atoms with Gasteiger partial charge in [0.1, 0.15) is 12.4 Å². The Kier molecular flexibility index (Phi) is 4.13. The summed E-state index contributed by atoms with van der Waals surface area (Å²) in [6, 6.07) is 17.0. The first-order valence-corrected chi connectivity index (χ1v) is 8.52. The van der Waals surface area contributed by atoms with E-state index in [1.165, 1.54) is 22.2 Å². The third kappa shape index (κ3) is 2.97. The lowest BCUT2D eigenvalue weighted by atomic mass is 9.91. The molecule has 124 valence electrons.